The molecular formula is C17H18N2O2. The molecule has 2 fully saturated rings. The van der Waals surface area contributed by atoms with Gasteiger partial charge < -0.3 is 9.64 Å². The second-order valence-corrected chi connectivity index (χ2v) is 5.91. The Morgan fingerprint density at radius 3 is 2.95 bits per heavy atom. The van der Waals surface area contributed by atoms with Crippen LogP contribution >= 0.6 is 0 Å². The van der Waals surface area contributed by atoms with Crippen LogP contribution in [0.15, 0.2) is 36.7 Å². The van der Waals surface area contributed by atoms with Crippen molar-refractivity contribution in [1.82, 2.24) is 9.88 Å². The maximum atomic E-state index is 12.8. The van der Waals surface area contributed by atoms with Gasteiger partial charge >= 0.3 is 0 Å². The number of aromatic nitrogens is 1. The number of rotatable bonds is 2. The average molecular weight is 282 g/mol. The number of nitrogens with zero attached hydrogens (tertiary/aromatic N) is 2. The average Bonchev–Trinajstić information content (AvgIpc) is 3.39. The van der Waals surface area contributed by atoms with Crippen LogP contribution in [0.2, 0.25) is 0 Å². The number of benzene rings is 1. The molecule has 2 aliphatic rings. The van der Waals surface area contributed by atoms with Gasteiger partial charge in [-0.15, -0.1) is 0 Å². The number of hydrogen-bond donors (Lipinski definition) is 0. The third-order valence-electron chi connectivity index (χ3n) is 4.43. The summed E-state index contributed by atoms with van der Waals surface area (Å²) >= 11 is 0. The zero-order valence-electron chi connectivity index (χ0n) is 11.9. The number of amides is 1. The summed E-state index contributed by atoms with van der Waals surface area (Å²) in [5, 5.41) is 1.99. The van der Waals surface area contributed by atoms with Gasteiger partial charge in [-0.1, -0.05) is 24.3 Å². The van der Waals surface area contributed by atoms with Gasteiger partial charge in [-0.25, -0.2) is 0 Å². The Bertz CT molecular complexity index is 676. The van der Waals surface area contributed by atoms with E-state index in [0.717, 1.165) is 10.8 Å². The molecule has 4 heteroatoms. The minimum atomic E-state index is 0.0771. The molecule has 4 nitrogen and oxygen atoms in total. The molecular weight excluding hydrogens is 264 g/mol. The SMILES string of the molecule is O=C(c1cncc2ccccc12)N1CCOC(C2CC2)C1. The maximum absolute atomic E-state index is 12.8. The van der Waals surface area contributed by atoms with Crippen molar-refractivity contribution in [3.63, 3.8) is 0 Å². The van der Waals surface area contributed by atoms with Crippen LogP contribution in [0, 0.1) is 5.92 Å². The molecule has 1 saturated heterocycles. The number of fused-ring (bicyclic) bond motifs is 1. The molecule has 2 aromatic rings. The van der Waals surface area contributed by atoms with Crippen molar-refractivity contribution in [2.24, 2.45) is 5.92 Å². The summed E-state index contributed by atoms with van der Waals surface area (Å²) in [6.07, 6.45) is 6.20. The lowest BCUT2D eigenvalue weighted by atomic mass is 10.1. The van der Waals surface area contributed by atoms with Crippen LogP contribution in [0.4, 0.5) is 0 Å². The van der Waals surface area contributed by atoms with E-state index in [9.17, 15) is 4.79 Å². The van der Waals surface area contributed by atoms with Crippen LogP contribution in [0.1, 0.15) is 23.2 Å². The lowest BCUT2D eigenvalue weighted by Gasteiger charge is -2.33. The summed E-state index contributed by atoms with van der Waals surface area (Å²) in [5.74, 6) is 0.736. The highest BCUT2D eigenvalue weighted by molar-refractivity contribution is 6.06. The molecule has 1 aliphatic carbocycles. The molecule has 2 heterocycles. The zero-order chi connectivity index (χ0) is 14.2. The van der Waals surface area contributed by atoms with Gasteiger partial charge in [-0.3, -0.25) is 9.78 Å². The van der Waals surface area contributed by atoms with Gasteiger partial charge in [0.25, 0.3) is 5.91 Å². The van der Waals surface area contributed by atoms with E-state index in [4.69, 9.17) is 4.74 Å². The summed E-state index contributed by atoms with van der Waals surface area (Å²) in [6, 6.07) is 7.91. The number of carbonyl (C=O) groups is 1. The fourth-order valence-corrected chi connectivity index (χ4v) is 3.07. The predicted molar refractivity (Wildman–Crippen MR) is 80.1 cm³/mol. The number of hydrogen-bond acceptors (Lipinski definition) is 3. The fraction of sp³-hybridized carbons (Fsp3) is 0.412. The molecule has 1 atom stereocenters. The van der Waals surface area contributed by atoms with E-state index in [2.05, 4.69) is 4.98 Å². The summed E-state index contributed by atoms with van der Waals surface area (Å²) < 4.78 is 5.80. The molecule has 0 spiro atoms. The molecule has 4 rings (SSSR count). The first-order valence-corrected chi connectivity index (χ1v) is 7.56. The van der Waals surface area contributed by atoms with Crippen molar-refractivity contribution in [3.05, 3.63) is 42.2 Å². The third-order valence-corrected chi connectivity index (χ3v) is 4.43. The molecule has 1 aliphatic heterocycles. The van der Waals surface area contributed by atoms with Gasteiger partial charge in [-0.05, 0) is 24.1 Å². The molecule has 1 aromatic heterocycles. The fourth-order valence-electron chi connectivity index (χ4n) is 3.07. The van der Waals surface area contributed by atoms with E-state index in [1.54, 1.807) is 12.4 Å². The standard InChI is InChI=1S/C17H18N2O2/c20-17(19-7-8-21-16(11-19)12-5-6-12)15-10-18-9-13-3-1-2-4-14(13)15/h1-4,9-10,12,16H,5-8,11H2. The van der Waals surface area contributed by atoms with E-state index in [-0.39, 0.29) is 12.0 Å². The molecule has 1 amide bonds. The first-order valence-electron chi connectivity index (χ1n) is 7.56. The Morgan fingerprint density at radius 2 is 2.10 bits per heavy atom. The Morgan fingerprint density at radius 1 is 1.24 bits per heavy atom. The van der Waals surface area contributed by atoms with Crippen molar-refractivity contribution in [2.75, 3.05) is 19.7 Å². The van der Waals surface area contributed by atoms with E-state index < -0.39 is 0 Å². The molecule has 108 valence electrons. The molecule has 1 aromatic carbocycles. The highest BCUT2D eigenvalue weighted by Gasteiger charge is 2.36. The third kappa shape index (κ3) is 2.40. The molecule has 21 heavy (non-hydrogen) atoms. The van der Waals surface area contributed by atoms with E-state index in [0.29, 0.717) is 31.2 Å². The number of morpholine rings is 1. The highest BCUT2D eigenvalue weighted by Crippen LogP contribution is 2.36. The summed E-state index contributed by atoms with van der Waals surface area (Å²) in [4.78, 5) is 19.0. The first-order chi connectivity index (χ1) is 10.3. The number of pyridine rings is 1. The van der Waals surface area contributed by atoms with Gasteiger partial charge in [-0.2, -0.15) is 0 Å². The van der Waals surface area contributed by atoms with E-state index in [1.807, 2.05) is 29.2 Å². The van der Waals surface area contributed by atoms with Crippen molar-refractivity contribution >= 4 is 16.7 Å². The molecule has 0 N–H and O–H groups in total. The Balaban J connectivity index is 1.63. The lowest BCUT2D eigenvalue weighted by molar-refractivity contribution is -0.0313. The van der Waals surface area contributed by atoms with Gasteiger partial charge in [0.05, 0.1) is 18.3 Å². The monoisotopic (exact) mass is 282 g/mol. The van der Waals surface area contributed by atoms with Gasteiger partial charge in [0.1, 0.15) is 0 Å². The van der Waals surface area contributed by atoms with Gasteiger partial charge in [0.2, 0.25) is 0 Å². The van der Waals surface area contributed by atoms with Gasteiger partial charge in [0, 0.05) is 30.9 Å². The second-order valence-electron chi connectivity index (χ2n) is 5.91. The van der Waals surface area contributed by atoms with Crippen LogP contribution in [-0.4, -0.2) is 41.6 Å². The lowest BCUT2D eigenvalue weighted by Crippen LogP contribution is -2.46. The summed E-state index contributed by atoms with van der Waals surface area (Å²) in [6.45, 7) is 2.03. The predicted octanol–water partition coefficient (Wildman–Crippen LogP) is 2.49. The highest BCUT2D eigenvalue weighted by atomic mass is 16.5. The molecule has 1 saturated carbocycles. The number of ether oxygens (including phenoxy) is 1. The molecule has 1 unspecified atom stereocenters. The Labute approximate surface area is 123 Å². The first kappa shape index (κ1) is 12.8. The van der Waals surface area contributed by atoms with E-state index in [1.165, 1.54) is 12.8 Å². The van der Waals surface area contributed by atoms with E-state index >= 15 is 0 Å². The van der Waals surface area contributed by atoms with Crippen LogP contribution in [-0.2, 0) is 4.74 Å². The van der Waals surface area contributed by atoms with Crippen LogP contribution < -0.4 is 0 Å². The Kier molecular flexibility index (Phi) is 3.11. The smallest absolute Gasteiger partial charge is 0.256 e. The summed E-state index contributed by atoms with van der Waals surface area (Å²) in [7, 11) is 0. The Hall–Kier alpha value is -1.94. The topological polar surface area (TPSA) is 42.4 Å². The minimum Gasteiger partial charge on any atom is -0.374 e. The quantitative estimate of drug-likeness (QED) is 0.850. The normalized spacial score (nSPS) is 22.5. The zero-order valence-corrected chi connectivity index (χ0v) is 11.9. The van der Waals surface area contributed by atoms with Crippen molar-refractivity contribution < 1.29 is 9.53 Å². The van der Waals surface area contributed by atoms with Crippen molar-refractivity contribution in [2.45, 2.75) is 18.9 Å². The number of carbonyl (C=O) groups excluding carboxylic acids is 1. The second kappa shape index (κ2) is 5.11. The minimum absolute atomic E-state index is 0.0771. The van der Waals surface area contributed by atoms with Crippen molar-refractivity contribution in [1.29, 1.82) is 0 Å². The van der Waals surface area contributed by atoms with Crippen LogP contribution in [0.25, 0.3) is 10.8 Å². The van der Waals surface area contributed by atoms with Crippen LogP contribution in [0.3, 0.4) is 0 Å². The maximum Gasteiger partial charge on any atom is 0.256 e. The van der Waals surface area contributed by atoms with Crippen molar-refractivity contribution in [3.8, 4) is 0 Å². The van der Waals surface area contributed by atoms with Crippen LogP contribution in [0.5, 0.6) is 0 Å². The van der Waals surface area contributed by atoms with Gasteiger partial charge in [0.15, 0.2) is 0 Å². The summed E-state index contributed by atoms with van der Waals surface area (Å²) in [5.41, 5.74) is 0.699. The largest absolute Gasteiger partial charge is 0.374 e. The molecule has 0 bridgehead atoms. The molecule has 0 radical (unpaired) electrons.